The average molecular weight is 380 g/mol. The molecule has 2 aromatic carbocycles. The third-order valence-electron chi connectivity index (χ3n) is 5.11. The highest BCUT2D eigenvalue weighted by atomic mass is 19.1. The summed E-state index contributed by atoms with van der Waals surface area (Å²) in [4.78, 5) is 6.83. The zero-order valence-corrected chi connectivity index (χ0v) is 16.0. The highest BCUT2D eigenvalue weighted by Gasteiger charge is 2.21. The van der Waals surface area contributed by atoms with E-state index < -0.39 is 0 Å². The van der Waals surface area contributed by atoms with Gasteiger partial charge in [0.15, 0.2) is 0 Å². The Labute approximate surface area is 164 Å². The molecular formula is C22H25FN4O. The summed E-state index contributed by atoms with van der Waals surface area (Å²) in [6.45, 7) is 4.45. The molecule has 1 aliphatic heterocycles. The molecule has 4 rings (SSSR count). The van der Waals surface area contributed by atoms with Gasteiger partial charge >= 0.3 is 0 Å². The third-order valence-corrected chi connectivity index (χ3v) is 5.11. The molecule has 1 N–H and O–H groups in total. The number of nitrogens with zero attached hydrogens (tertiary/aromatic N) is 3. The first-order chi connectivity index (χ1) is 13.7. The number of morpholine rings is 1. The number of nitrogens with one attached hydrogen (secondary N) is 1. The Hall–Kier alpha value is -2.70. The second-order valence-electron chi connectivity index (χ2n) is 7.08. The lowest BCUT2D eigenvalue weighted by Gasteiger charge is -2.26. The lowest BCUT2D eigenvalue weighted by atomic mass is 10.0. The Kier molecular flexibility index (Phi) is 5.69. The molecule has 28 heavy (non-hydrogen) atoms. The van der Waals surface area contributed by atoms with E-state index in [9.17, 15) is 4.39 Å². The van der Waals surface area contributed by atoms with Crippen LogP contribution in [0, 0.1) is 5.82 Å². The molecular weight excluding hydrogens is 355 g/mol. The molecule has 0 bridgehead atoms. The van der Waals surface area contributed by atoms with Crippen molar-refractivity contribution in [3.05, 3.63) is 83.7 Å². The summed E-state index contributed by atoms with van der Waals surface area (Å²) in [6, 6.07) is 14.8. The van der Waals surface area contributed by atoms with Crippen molar-refractivity contribution in [2.45, 2.75) is 12.6 Å². The summed E-state index contributed by atoms with van der Waals surface area (Å²) in [7, 11) is 1.92. The largest absolute Gasteiger partial charge is 0.379 e. The van der Waals surface area contributed by atoms with E-state index in [0.717, 1.165) is 44.4 Å². The SMILES string of the molecule is Cn1ccnc1C(Nc1ccc(CN2CCOCC2)cc1)c1ccccc1F. The number of hydrogen-bond acceptors (Lipinski definition) is 4. The highest BCUT2D eigenvalue weighted by molar-refractivity contribution is 5.49. The first-order valence-electron chi connectivity index (χ1n) is 9.58. The van der Waals surface area contributed by atoms with Crippen molar-refractivity contribution in [3.63, 3.8) is 0 Å². The van der Waals surface area contributed by atoms with E-state index in [-0.39, 0.29) is 11.9 Å². The van der Waals surface area contributed by atoms with E-state index in [1.54, 1.807) is 18.3 Å². The summed E-state index contributed by atoms with van der Waals surface area (Å²) < 4.78 is 21.8. The van der Waals surface area contributed by atoms with Gasteiger partial charge in [-0.1, -0.05) is 30.3 Å². The van der Waals surface area contributed by atoms with E-state index in [0.29, 0.717) is 5.56 Å². The minimum atomic E-state index is -0.369. The van der Waals surface area contributed by atoms with Gasteiger partial charge in [0.2, 0.25) is 0 Å². The maximum Gasteiger partial charge on any atom is 0.135 e. The lowest BCUT2D eigenvalue weighted by Crippen LogP contribution is -2.35. The fraction of sp³-hybridized carbons (Fsp3) is 0.318. The van der Waals surface area contributed by atoms with Gasteiger partial charge in [-0.3, -0.25) is 4.90 Å². The smallest absolute Gasteiger partial charge is 0.135 e. The summed E-state index contributed by atoms with van der Waals surface area (Å²) >= 11 is 0. The molecule has 1 saturated heterocycles. The molecule has 0 spiro atoms. The van der Waals surface area contributed by atoms with Gasteiger partial charge in [-0.2, -0.15) is 0 Å². The van der Waals surface area contributed by atoms with Gasteiger partial charge in [0, 0.05) is 50.3 Å². The number of aryl methyl sites for hydroxylation is 1. The van der Waals surface area contributed by atoms with Crippen LogP contribution in [0.3, 0.4) is 0 Å². The molecule has 1 aromatic heterocycles. The van der Waals surface area contributed by atoms with Crippen LogP contribution in [0.15, 0.2) is 60.9 Å². The molecule has 0 aliphatic carbocycles. The fourth-order valence-corrected chi connectivity index (χ4v) is 3.54. The molecule has 6 heteroatoms. The van der Waals surface area contributed by atoms with Crippen molar-refractivity contribution in [3.8, 4) is 0 Å². The number of halogens is 1. The molecule has 1 aliphatic rings. The van der Waals surface area contributed by atoms with E-state index in [1.807, 2.05) is 36.0 Å². The van der Waals surface area contributed by atoms with Gasteiger partial charge in [0.1, 0.15) is 17.7 Å². The van der Waals surface area contributed by atoms with E-state index in [2.05, 4.69) is 27.3 Å². The molecule has 146 valence electrons. The maximum absolute atomic E-state index is 14.5. The highest BCUT2D eigenvalue weighted by Crippen LogP contribution is 2.27. The van der Waals surface area contributed by atoms with Gasteiger partial charge in [-0.05, 0) is 23.8 Å². The van der Waals surface area contributed by atoms with Crippen molar-refractivity contribution in [1.29, 1.82) is 0 Å². The fourth-order valence-electron chi connectivity index (χ4n) is 3.54. The van der Waals surface area contributed by atoms with Crippen LogP contribution in [-0.4, -0.2) is 40.8 Å². The van der Waals surface area contributed by atoms with Crippen LogP contribution >= 0.6 is 0 Å². The van der Waals surface area contributed by atoms with Gasteiger partial charge in [-0.25, -0.2) is 9.37 Å². The first kappa shape index (κ1) is 18.7. The number of rotatable bonds is 6. The average Bonchev–Trinajstić information content (AvgIpc) is 3.15. The second-order valence-corrected chi connectivity index (χ2v) is 7.08. The minimum absolute atomic E-state index is 0.244. The van der Waals surface area contributed by atoms with Gasteiger partial charge < -0.3 is 14.6 Å². The van der Waals surface area contributed by atoms with Gasteiger partial charge in [0.25, 0.3) is 0 Å². The van der Waals surface area contributed by atoms with Crippen molar-refractivity contribution < 1.29 is 9.13 Å². The van der Waals surface area contributed by atoms with Crippen LogP contribution in [0.1, 0.15) is 23.0 Å². The quantitative estimate of drug-likeness (QED) is 0.710. The van der Waals surface area contributed by atoms with Crippen molar-refractivity contribution in [2.24, 2.45) is 7.05 Å². The van der Waals surface area contributed by atoms with Crippen molar-refractivity contribution >= 4 is 5.69 Å². The van der Waals surface area contributed by atoms with Crippen LogP contribution in [0.2, 0.25) is 0 Å². The van der Waals surface area contributed by atoms with Crippen LogP contribution in [0.4, 0.5) is 10.1 Å². The van der Waals surface area contributed by atoms with Crippen LogP contribution in [-0.2, 0) is 18.3 Å². The molecule has 2 heterocycles. The molecule has 3 aromatic rings. The lowest BCUT2D eigenvalue weighted by molar-refractivity contribution is 0.0342. The summed E-state index contributed by atoms with van der Waals surface area (Å²) in [5.74, 6) is 0.523. The molecule has 0 amide bonds. The Morgan fingerprint density at radius 2 is 1.86 bits per heavy atom. The molecule has 1 atom stereocenters. The molecule has 1 fully saturated rings. The number of aromatic nitrogens is 2. The van der Waals surface area contributed by atoms with Crippen molar-refractivity contribution in [1.82, 2.24) is 14.5 Å². The van der Waals surface area contributed by atoms with Gasteiger partial charge in [0.05, 0.1) is 13.2 Å². The van der Waals surface area contributed by atoms with Gasteiger partial charge in [-0.15, -0.1) is 0 Å². The van der Waals surface area contributed by atoms with E-state index in [4.69, 9.17) is 4.74 Å². The zero-order chi connectivity index (χ0) is 19.3. The maximum atomic E-state index is 14.5. The van der Waals surface area contributed by atoms with Crippen LogP contribution < -0.4 is 5.32 Å². The summed E-state index contributed by atoms with van der Waals surface area (Å²) in [5, 5.41) is 3.45. The monoisotopic (exact) mass is 380 g/mol. The molecule has 1 unspecified atom stereocenters. The second kappa shape index (κ2) is 8.54. The molecule has 5 nitrogen and oxygen atoms in total. The summed E-state index contributed by atoms with van der Waals surface area (Å²) in [5.41, 5.74) is 2.77. The predicted molar refractivity (Wildman–Crippen MR) is 108 cm³/mol. The standard InChI is InChI=1S/C22H25FN4O/c1-26-11-10-24-22(26)21(19-4-2-3-5-20(19)23)25-18-8-6-17(7-9-18)16-27-12-14-28-15-13-27/h2-11,21,25H,12-16H2,1H3. The number of anilines is 1. The molecule has 0 saturated carbocycles. The van der Waals surface area contributed by atoms with Crippen molar-refractivity contribution in [2.75, 3.05) is 31.6 Å². The number of hydrogen-bond donors (Lipinski definition) is 1. The zero-order valence-electron chi connectivity index (χ0n) is 16.0. The normalized spacial score (nSPS) is 16.1. The Morgan fingerprint density at radius 3 is 2.54 bits per heavy atom. The number of benzene rings is 2. The number of ether oxygens (including phenoxy) is 1. The Bertz CT molecular complexity index is 903. The van der Waals surface area contributed by atoms with E-state index >= 15 is 0 Å². The third kappa shape index (κ3) is 4.24. The first-order valence-corrected chi connectivity index (χ1v) is 9.58. The molecule has 0 radical (unpaired) electrons. The topological polar surface area (TPSA) is 42.3 Å². The van der Waals surface area contributed by atoms with Crippen LogP contribution in [0.5, 0.6) is 0 Å². The van der Waals surface area contributed by atoms with Crippen LogP contribution in [0.25, 0.3) is 0 Å². The predicted octanol–water partition coefficient (Wildman–Crippen LogP) is 3.59. The summed E-state index contributed by atoms with van der Waals surface area (Å²) in [6.07, 6.45) is 3.60. The Morgan fingerprint density at radius 1 is 1.11 bits per heavy atom. The number of imidazole rings is 1. The minimum Gasteiger partial charge on any atom is -0.379 e. The van der Waals surface area contributed by atoms with E-state index in [1.165, 1.54) is 11.6 Å². The Balaban J connectivity index is 1.54.